The number of carbonyl (C=O) groups is 2. The molecule has 1 aliphatic rings. The maximum absolute atomic E-state index is 12.8. The second-order valence-corrected chi connectivity index (χ2v) is 7.60. The molecule has 28 heavy (non-hydrogen) atoms. The Bertz CT molecular complexity index is 860. The number of hydrogen-bond donors (Lipinski definition) is 2. The highest BCUT2D eigenvalue weighted by Gasteiger charge is 2.27. The molecule has 1 amide bonds. The molecule has 2 aromatic rings. The lowest BCUT2D eigenvalue weighted by Gasteiger charge is -2.26. The molecule has 3 rings (SSSR count). The Morgan fingerprint density at radius 2 is 2.07 bits per heavy atom. The van der Waals surface area contributed by atoms with Crippen LogP contribution in [0.4, 0.5) is 0 Å². The molecule has 1 aliphatic heterocycles. The van der Waals surface area contributed by atoms with Gasteiger partial charge in [0.2, 0.25) is 0 Å². The SMILES string of the molecule is COC(=O)[C@@H](CNC(=O)c1cccc2c1OCCC2SN)c1ccc(Cl)cc1. The summed E-state index contributed by atoms with van der Waals surface area (Å²) in [4.78, 5) is 25.0. The van der Waals surface area contributed by atoms with Crippen molar-refractivity contribution in [3.63, 3.8) is 0 Å². The third kappa shape index (κ3) is 4.43. The summed E-state index contributed by atoms with van der Waals surface area (Å²) in [5, 5.41) is 9.24. The van der Waals surface area contributed by atoms with Crippen LogP contribution in [0.25, 0.3) is 0 Å². The first kappa shape index (κ1) is 20.5. The van der Waals surface area contributed by atoms with Crippen molar-refractivity contribution in [2.24, 2.45) is 5.14 Å². The molecule has 0 saturated heterocycles. The Labute approximate surface area is 172 Å². The monoisotopic (exact) mass is 420 g/mol. The number of fused-ring (bicyclic) bond motifs is 1. The van der Waals surface area contributed by atoms with E-state index in [0.717, 1.165) is 12.0 Å². The fraction of sp³-hybridized carbons (Fsp3) is 0.300. The number of benzene rings is 2. The van der Waals surface area contributed by atoms with Crippen LogP contribution in [-0.4, -0.2) is 32.1 Å². The van der Waals surface area contributed by atoms with Gasteiger partial charge >= 0.3 is 5.97 Å². The van der Waals surface area contributed by atoms with E-state index in [-0.39, 0.29) is 17.7 Å². The first-order chi connectivity index (χ1) is 13.5. The predicted molar refractivity (Wildman–Crippen MR) is 110 cm³/mol. The van der Waals surface area contributed by atoms with Gasteiger partial charge in [-0.05, 0) is 30.2 Å². The summed E-state index contributed by atoms with van der Waals surface area (Å²) in [6.07, 6.45) is 0.792. The number of methoxy groups -OCH3 is 1. The largest absolute Gasteiger partial charge is 0.492 e. The molecule has 0 bridgehead atoms. The van der Waals surface area contributed by atoms with Crippen LogP contribution < -0.4 is 15.2 Å². The molecule has 2 aromatic carbocycles. The standard InChI is InChI=1S/C20H21ClN2O4S/c1-26-20(25)16(12-5-7-13(21)8-6-12)11-23-19(24)15-4-2-3-14-17(28-22)9-10-27-18(14)15/h2-8,16-17H,9-11,22H2,1H3,(H,23,24)/t16-,17?/m0/s1. The summed E-state index contributed by atoms with van der Waals surface area (Å²) < 4.78 is 10.6. The molecule has 0 radical (unpaired) electrons. The third-order valence-corrected chi connectivity index (χ3v) is 5.72. The highest BCUT2D eigenvalue weighted by Crippen LogP contribution is 2.40. The van der Waals surface area contributed by atoms with Gasteiger partial charge in [-0.2, -0.15) is 0 Å². The average molecular weight is 421 g/mol. The highest BCUT2D eigenvalue weighted by molar-refractivity contribution is 7.97. The van der Waals surface area contributed by atoms with E-state index in [1.165, 1.54) is 19.1 Å². The molecule has 3 N–H and O–H groups in total. The second kappa shape index (κ2) is 9.32. The van der Waals surface area contributed by atoms with Crippen LogP contribution in [-0.2, 0) is 9.53 Å². The number of ether oxygens (including phenoxy) is 2. The van der Waals surface area contributed by atoms with Crippen molar-refractivity contribution in [2.45, 2.75) is 17.6 Å². The zero-order chi connectivity index (χ0) is 20.1. The van der Waals surface area contributed by atoms with Gasteiger partial charge in [-0.25, -0.2) is 0 Å². The highest BCUT2D eigenvalue weighted by atomic mass is 35.5. The fourth-order valence-corrected chi connectivity index (χ4v) is 3.87. The van der Waals surface area contributed by atoms with E-state index >= 15 is 0 Å². The molecule has 6 nitrogen and oxygen atoms in total. The summed E-state index contributed by atoms with van der Waals surface area (Å²) in [5.74, 6) is -0.842. The van der Waals surface area contributed by atoms with Gasteiger partial charge in [0.05, 0.1) is 30.4 Å². The minimum Gasteiger partial charge on any atom is -0.492 e. The lowest BCUT2D eigenvalue weighted by atomic mass is 9.98. The number of para-hydroxylation sites is 1. The molecule has 0 spiro atoms. The minimum atomic E-state index is -0.640. The van der Waals surface area contributed by atoms with Crippen LogP contribution in [0.5, 0.6) is 5.75 Å². The lowest BCUT2D eigenvalue weighted by molar-refractivity contribution is -0.142. The Morgan fingerprint density at radius 3 is 2.75 bits per heavy atom. The second-order valence-electron chi connectivity index (χ2n) is 6.32. The number of rotatable bonds is 6. The van der Waals surface area contributed by atoms with Gasteiger partial charge < -0.3 is 14.8 Å². The molecule has 2 atom stereocenters. The predicted octanol–water partition coefficient (Wildman–Crippen LogP) is 3.46. The smallest absolute Gasteiger partial charge is 0.314 e. The van der Waals surface area contributed by atoms with Crippen molar-refractivity contribution < 1.29 is 19.1 Å². The van der Waals surface area contributed by atoms with Gasteiger partial charge in [-0.1, -0.05) is 47.8 Å². The maximum Gasteiger partial charge on any atom is 0.314 e. The third-order valence-electron chi connectivity index (χ3n) is 4.65. The van der Waals surface area contributed by atoms with E-state index < -0.39 is 11.9 Å². The maximum atomic E-state index is 12.8. The first-order valence-corrected chi connectivity index (χ1v) is 10.1. The molecule has 0 saturated carbocycles. The van der Waals surface area contributed by atoms with Crippen LogP contribution in [0.1, 0.15) is 39.1 Å². The summed E-state index contributed by atoms with van der Waals surface area (Å²) in [6, 6.07) is 12.3. The van der Waals surface area contributed by atoms with E-state index in [4.69, 9.17) is 26.2 Å². The van der Waals surface area contributed by atoms with Gasteiger partial charge in [0.25, 0.3) is 5.91 Å². The van der Waals surface area contributed by atoms with Crippen LogP contribution >= 0.6 is 23.5 Å². The van der Waals surface area contributed by atoms with Crippen molar-refractivity contribution in [3.8, 4) is 5.75 Å². The van der Waals surface area contributed by atoms with E-state index in [2.05, 4.69) is 5.32 Å². The van der Waals surface area contributed by atoms with Gasteiger partial charge in [0, 0.05) is 17.1 Å². The summed E-state index contributed by atoms with van der Waals surface area (Å²) in [7, 11) is 1.32. The number of esters is 1. The van der Waals surface area contributed by atoms with Crippen molar-refractivity contribution >= 4 is 35.4 Å². The number of nitrogens with one attached hydrogen (secondary N) is 1. The van der Waals surface area contributed by atoms with E-state index in [1.54, 1.807) is 30.3 Å². The molecule has 1 unspecified atom stereocenters. The molecule has 148 valence electrons. The number of amides is 1. The van der Waals surface area contributed by atoms with Gasteiger partial charge in [0.15, 0.2) is 0 Å². The van der Waals surface area contributed by atoms with Crippen LogP contribution in [0, 0.1) is 0 Å². The summed E-state index contributed by atoms with van der Waals surface area (Å²) in [5.41, 5.74) is 2.05. The summed E-state index contributed by atoms with van der Waals surface area (Å²) >= 11 is 7.17. The fourth-order valence-electron chi connectivity index (χ4n) is 3.18. The number of carbonyl (C=O) groups excluding carboxylic acids is 2. The van der Waals surface area contributed by atoms with Gasteiger partial charge in [-0.3, -0.25) is 14.7 Å². The lowest BCUT2D eigenvalue weighted by Crippen LogP contribution is -2.33. The number of nitrogens with two attached hydrogens (primary N) is 1. The molecule has 0 fully saturated rings. The van der Waals surface area contributed by atoms with Crippen molar-refractivity contribution in [2.75, 3.05) is 20.3 Å². The van der Waals surface area contributed by atoms with Crippen molar-refractivity contribution in [3.05, 3.63) is 64.2 Å². The molecular weight excluding hydrogens is 400 g/mol. The van der Waals surface area contributed by atoms with Crippen molar-refractivity contribution in [1.29, 1.82) is 0 Å². The normalized spacial score (nSPS) is 16.5. The Morgan fingerprint density at radius 1 is 1.32 bits per heavy atom. The van der Waals surface area contributed by atoms with E-state index in [0.29, 0.717) is 28.5 Å². The zero-order valence-electron chi connectivity index (χ0n) is 15.3. The molecule has 1 heterocycles. The van der Waals surface area contributed by atoms with Gasteiger partial charge in [-0.15, -0.1) is 0 Å². The Hall–Kier alpha value is -2.22. The molecule has 0 aliphatic carbocycles. The molecular formula is C20H21ClN2O4S. The zero-order valence-corrected chi connectivity index (χ0v) is 16.9. The minimum absolute atomic E-state index is 0.0892. The topological polar surface area (TPSA) is 90.6 Å². The van der Waals surface area contributed by atoms with Crippen LogP contribution in [0.15, 0.2) is 42.5 Å². The van der Waals surface area contributed by atoms with Gasteiger partial charge in [0.1, 0.15) is 5.75 Å². The molecule has 8 heteroatoms. The quantitative estimate of drug-likeness (QED) is 0.549. The first-order valence-electron chi connectivity index (χ1n) is 8.78. The van der Waals surface area contributed by atoms with E-state index in [1.807, 2.05) is 12.1 Å². The Kier molecular flexibility index (Phi) is 6.83. The Balaban J connectivity index is 1.78. The molecule has 0 aromatic heterocycles. The van der Waals surface area contributed by atoms with Crippen molar-refractivity contribution in [1.82, 2.24) is 5.32 Å². The number of halogens is 1. The average Bonchev–Trinajstić information content (AvgIpc) is 2.73. The van der Waals surface area contributed by atoms with Crippen LogP contribution in [0.2, 0.25) is 5.02 Å². The van der Waals surface area contributed by atoms with E-state index in [9.17, 15) is 9.59 Å². The summed E-state index contributed by atoms with van der Waals surface area (Å²) in [6.45, 7) is 0.591. The van der Waals surface area contributed by atoms with Crippen LogP contribution in [0.3, 0.4) is 0 Å². The number of hydrogen-bond acceptors (Lipinski definition) is 6.